The van der Waals surface area contributed by atoms with Gasteiger partial charge in [0.25, 0.3) is 0 Å². The van der Waals surface area contributed by atoms with Crippen molar-refractivity contribution in [3.8, 4) is 5.69 Å². The topological polar surface area (TPSA) is 78.5 Å². The molecule has 4 rings (SSSR count). The van der Waals surface area contributed by atoms with E-state index < -0.39 is 0 Å². The smallest absolute Gasteiger partial charge is 0.244 e. The Morgan fingerprint density at radius 3 is 2.61 bits per heavy atom. The first kappa shape index (κ1) is 19.1. The minimum Gasteiger partial charge on any atom is -0.244 e. The van der Waals surface area contributed by atoms with Gasteiger partial charge in [0.2, 0.25) is 0 Å². The molecular formula is C17H12Cl2N6OS2. The molecule has 0 radical (unpaired) electrons. The molecule has 0 amide bonds. The van der Waals surface area contributed by atoms with E-state index in [1.165, 1.54) is 20.7 Å². The van der Waals surface area contributed by atoms with Crippen LogP contribution in [0.2, 0.25) is 10.0 Å². The first-order chi connectivity index (χ1) is 13.6. The molecule has 0 saturated heterocycles. The van der Waals surface area contributed by atoms with Crippen LogP contribution < -0.4 is 5.69 Å². The predicted octanol–water partition coefficient (Wildman–Crippen LogP) is 3.93. The first-order valence-corrected chi connectivity index (χ1v) is 10.6. The number of nitrogens with zero attached hydrogens (tertiary/aromatic N) is 6. The number of aromatic nitrogens is 6. The maximum Gasteiger partial charge on any atom is 0.368 e. The van der Waals surface area contributed by atoms with Crippen LogP contribution in [0.3, 0.4) is 0 Å². The summed E-state index contributed by atoms with van der Waals surface area (Å²) >= 11 is 14.9. The van der Waals surface area contributed by atoms with Gasteiger partial charge in [0.1, 0.15) is 11.6 Å². The molecular weight excluding hydrogens is 439 g/mol. The monoisotopic (exact) mass is 450 g/mol. The summed E-state index contributed by atoms with van der Waals surface area (Å²) in [6.45, 7) is 0.210. The van der Waals surface area contributed by atoms with Gasteiger partial charge in [-0.05, 0) is 52.4 Å². The molecule has 0 saturated carbocycles. The molecule has 0 spiro atoms. The average Bonchev–Trinajstić information content (AvgIpc) is 3.28. The minimum absolute atomic E-state index is 0.210. The lowest BCUT2D eigenvalue weighted by atomic mass is 10.2. The van der Waals surface area contributed by atoms with Gasteiger partial charge in [-0.2, -0.15) is 9.36 Å². The van der Waals surface area contributed by atoms with Crippen LogP contribution in [0, 0.1) is 0 Å². The van der Waals surface area contributed by atoms with Gasteiger partial charge in [-0.15, -0.1) is 10.2 Å². The molecule has 0 N–H and O–H groups in total. The highest BCUT2D eigenvalue weighted by Crippen LogP contribution is 2.27. The molecule has 0 bridgehead atoms. The molecule has 2 aromatic carbocycles. The Hall–Kier alpha value is -2.20. The van der Waals surface area contributed by atoms with Crippen molar-refractivity contribution in [2.24, 2.45) is 0 Å². The fourth-order valence-electron chi connectivity index (χ4n) is 2.38. The standard InChI is InChI=1S/C17H12Cl2N6OS2/c18-12-4-6-14(7-5-12)25-17(26)24(22-23-25)9-15-20-21-16(28-15)27-10-11-2-1-3-13(19)8-11/h1-8H,9-10H2. The summed E-state index contributed by atoms with van der Waals surface area (Å²) < 4.78 is 3.28. The third kappa shape index (κ3) is 4.44. The zero-order valence-corrected chi connectivity index (χ0v) is 17.3. The quantitative estimate of drug-likeness (QED) is 0.414. The lowest BCUT2D eigenvalue weighted by Crippen LogP contribution is -2.24. The van der Waals surface area contributed by atoms with Crippen molar-refractivity contribution in [2.75, 3.05) is 0 Å². The molecule has 0 aliphatic rings. The predicted molar refractivity (Wildman–Crippen MR) is 111 cm³/mol. The van der Waals surface area contributed by atoms with Crippen LogP contribution in [0.5, 0.6) is 0 Å². The zero-order chi connectivity index (χ0) is 19.5. The van der Waals surface area contributed by atoms with Crippen LogP contribution in [-0.4, -0.2) is 30.0 Å². The van der Waals surface area contributed by atoms with Crippen molar-refractivity contribution in [1.82, 2.24) is 30.0 Å². The highest BCUT2D eigenvalue weighted by molar-refractivity contribution is 8.00. The number of halogens is 2. The second-order valence-corrected chi connectivity index (χ2v) is 8.85. The lowest BCUT2D eigenvalue weighted by Gasteiger charge is -1.98. The maximum absolute atomic E-state index is 12.5. The van der Waals surface area contributed by atoms with Gasteiger partial charge in [0.15, 0.2) is 4.34 Å². The Balaban J connectivity index is 1.44. The number of benzene rings is 2. The van der Waals surface area contributed by atoms with Gasteiger partial charge in [-0.3, -0.25) is 0 Å². The number of rotatable bonds is 6. The van der Waals surface area contributed by atoms with Crippen LogP contribution >= 0.6 is 46.3 Å². The molecule has 0 unspecified atom stereocenters. The maximum atomic E-state index is 12.5. The van der Waals surface area contributed by atoms with Gasteiger partial charge in [-0.1, -0.05) is 58.4 Å². The van der Waals surface area contributed by atoms with Gasteiger partial charge in [0, 0.05) is 15.8 Å². The van der Waals surface area contributed by atoms with E-state index in [-0.39, 0.29) is 12.2 Å². The Bertz CT molecular complexity index is 1150. The van der Waals surface area contributed by atoms with E-state index in [0.717, 1.165) is 15.7 Å². The summed E-state index contributed by atoms with van der Waals surface area (Å²) in [6.07, 6.45) is 0. The second kappa shape index (κ2) is 8.44. The molecule has 142 valence electrons. The highest BCUT2D eigenvalue weighted by atomic mass is 35.5. The summed E-state index contributed by atoms with van der Waals surface area (Å²) in [7, 11) is 0. The second-order valence-electron chi connectivity index (χ2n) is 5.69. The fraction of sp³-hybridized carbons (Fsp3) is 0.118. The third-order valence-corrected chi connectivity index (χ3v) is 6.29. The minimum atomic E-state index is -0.356. The van der Waals surface area contributed by atoms with E-state index >= 15 is 0 Å². The molecule has 4 aromatic rings. The van der Waals surface area contributed by atoms with Crippen LogP contribution in [0.15, 0.2) is 57.7 Å². The van der Waals surface area contributed by atoms with E-state index in [0.29, 0.717) is 20.7 Å². The molecule has 7 nitrogen and oxygen atoms in total. The Morgan fingerprint density at radius 2 is 1.82 bits per heavy atom. The normalized spacial score (nSPS) is 11.1. The summed E-state index contributed by atoms with van der Waals surface area (Å²) in [5.41, 5.74) is 1.35. The van der Waals surface area contributed by atoms with Crippen molar-refractivity contribution in [3.63, 3.8) is 0 Å². The summed E-state index contributed by atoms with van der Waals surface area (Å²) in [5, 5.41) is 18.1. The van der Waals surface area contributed by atoms with Gasteiger partial charge in [0.05, 0.1) is 5.69 Å². The average molecular weight is 451 g/mol. The molecule has 11 heteroatoms. The van der Waals surface area contributed by atoms with E-state index in [9.17, 15) is 4.79 Å². The Kier molecular flexibility index (Phi) is 5.77. The Labute approximate surface area is 177 Å². The van der Waals surface area contributed by atoms with Crippen molar-refractivity contribution >= 4 is 46.3 Å². The highest BCUT2D eigenvalue weighted by Gasteiger charge is 2.12. The first-order valence-electron chi connectivity index (χ1n) is 8.07. The van der Waals surface area contributed by atoms with Gasteiger partial charge in [-0.25, -0.2) is 4.79 Å². The fourth-order valence-corrected chi connectivity index (χ4v) is 4.54. The molecule has 0 aliphatic carbocycles. The number of tetrazole rings is 1. The molecule has 28 heavy (non-hydrogen) atoms. The molecule has 2 aromatic heterocycles. The van der Waals surface area contributed by atoms with E-state index in [4.69, 9.17) is 23.2 Å². The largest absolute Gasteiger partial charge is 0.368 e. The van der Waals surface area contributed by atoms with Gasteiger partial charge < -0.3 is 0 Å². The zero-order valence-electron chi connectivity index (χ0n) is 14.2. The SMILES string of the molecule is O=c1n(Cc2nnc(SCc3cccc(Cl)c3)s2)nnn1-c1ccc(Cl)cc1. The van der Waals surface area contributed by atoms with Crippen LogP contribution in [-0.2, 0) is 12.3 Å². The molecule has 0 aliphatic heterocycles. The van der Waals surface area contributed by atoms with E-state index in [1.807, 2.05) is 24.3 Å². The van der Waals surface area contributed by atoms with Crippen molar-refractivity contribution in [2.45, 2.75) is 16.6 Å². The van der Waals surface area contributed by atoms with Gasteiger partial charge >= 0.3 is 5.69 Å². The number of hydrogen-bond acceptors (Lipinski definition) is 7. The van der Waals surface area contributed by atoms with Crippen LogP contribution in [0.1, 0.15) is 10.6 Å². The molecule has 0 atom stereocenters. The van der Waals surface area contributed by atoms with Crippen molar-refractivity contribution in [3.05, 3.63) is 79.6 Å². The van der Waals surface area contributed by atoms with Crippen LogP contribution in [0.25, 0.3) is 5.69 Å². The van der Waals surface area contributed by atoms with Crippen molar-refractivity contribution < 1.29 is 0 Å². The summed E-state index contributed by atoms with van der Waals surface area (Å²) in [4.78, 5) is 12.5. The summed E-state index contributed by atoms with van der Waals surface area (Å²) in [6, 6.07) is 14.5. The van der Waals surface area contributed by atoms with E-state index in [2.05, 4.69) is 20.6 Å². The Morgan fingerprint density at radius 1 is 1.00 bits per heavy atom. The van der Waals surface area contributed by atoms with Crippen molar-refractivity contribution in [1.29, 1.82) is 0 Å². The summed E-state index contributed by atoms with van der Waals surface area (Å²) in [5.74, 6) is 0.738. The van der Waals surface area contributed by atoms with E-state index in [1.54, 1.807) is 36.0 Å². The lowest BCUT2D eigenvalue weighted by molar-refractivity contribution is 0.625. The molecule has 0 fully saturated rings. The number of hydrogen-bond donors (Lipinski definition) is 0. The third-order valence-electron chi connectivity index (χ3n) is 3.70. The number of thioether (sulfide) groups is 1. The molecule has 2 heterocycles. The van der Waals surface area contributed by atoms with Crippen LogP contribution in [0.4, 0.5) is 0 Å².